The number of H-pyrrole nitrogens is 1. The summed E-state index contributed by atoms with van der Waals surface area (Å²) in [4.78, 5) is 13.2. The average molecular weight is 268 g/mol. The number of aromatic nitrogens is 3. The summed E-state index contributed by atoms with van der Waals surface area (Å²) < 4.78 is 27.8. The summed E-state index contributed by atoms with van der Waals surface area (Å²) in [6, 6.07) is 4.01. The number of sulfonamides is 1. The van der Waals surface area contributed by atoms with E-state index in [9.17, 15) is 13.2 Å². The van der Waals surface area contributed by atoms with Crippen molar-refractivity contribution in [3.05, 3.63) is 40.4 Å². The lowest BCUT2D eigenvalue weighted by atomic mass is 10.5. The van der Waals surface area contributed by atoms with Gasteiger partial charge in [-0.2, -0.15) is 5.10 Å². The van der Waals surface area contributed by atoms with E-state index in [1.165, 1.54) is 10.7 Å². The summed E-state index contributed by atoms with van der Waals surface area (Å²) in [7, 11) is -2.08. The number of anilines is 1. The van der Waals surface area contributed by atoms with Gasteiger partial charge in [-0.05, 0) is 13.0 Å². The predicted octanol–water partition coefficient (Wildman–Crippen LogP) is 0.218. The molecule has 2 aromatic heterocycles. The SMILES string of the molecule is Cc1cc(NS(=O)(=O)c2ccc(=O)[nH]c2)n(C)n1. The van der Waals surface area contributed by atoms with Crippen LogP contribution in [0.15, 0.2) is 34.1 Å². The van der Waals surface area contributed by atoms with Crippen LogP contribution in [0.2, 0.25) is 0 Å². The Morgan fingerprint density at radius 1 is 1.39 bits per heavy atom. The Morgan fingerprint density at radius 3 is 2.61 bits per heavy atom. The van der Waals surface area contributed by atoms with Crippen LogP contribution in [0.3, 0.4) is 0 Å². The maximum Gasteiger partial charge on any atom is 0.264 e. The molecule has 0 aliphatic carbocycles. The highest BCUT2D eigenvalue weighted by atomic mass is 32.2. The molecule has 0 bridgehead atoms. The Morgan fingerprint density at radius 2 is 2.11 bits per heavy atom. The third kappa shape index (κ3) is 2.43. The van der Waals surface area contributed by atoms with E-state index < -0.39 is 10.0 Å². The smallest absolute Gasteiger partial charge is 0.264 e. The molecule has 7 nitrogen and oxygen atoms in total. The number of nitrogens with one attached hydrogen (secondary N) is 2. The molecule has 2 rings (SSSR count). The van der Waals surface area contributed by atoms with Gasteiger partial charge in [-0.3, -0.25) is 14.2 Å². The second-order valence-electron chi connectivity index (χ2n) is 3.79. The summed E-state index contributed by atoms with van der Waals surface area (Å²) in [6.45, 7) is 1.76. The van der Waals surface area contributed by atoms with E-state index >= 15 is 0 Å². The molecular weight excluding hydrogens is 256 g/mol. The maximum absolute atomic E-state index is 12.0. The first-order valence-corrected chi connectivity index (χ1v) is 6.59. The number of nitrogens with zero attached hydrogens (tertiary/aromatic N) is 2. The van der Waals surface area contributed by atoms with Gasteiger partial charge in [-0.25, -0.2) is 8.42 Å². The van der Waals surface area contributed by atoms with Crippen molar-refractivity contribution in [1.82, 2.24) is 14.8 Å². The fourth-order valence-corrected chi connectivity index (χ4v) is 2.51. The van der Waals surface area contributed by atoms with Gasteiger partial charge < -0.3 is 4.98 Å². The molecule has 0 aliphatic rings. The Kier molecular flexibility index (Phi) is 2.95. The first-order chi connectivity index (χ1) is 8.38. The maximum atomic E-state index is 12.0. The third-order valence-electron chi connectivity index (χ3n) is 2.31. The van der Waals surface area contributed by atoms with E-state index in [0.717, 1.165) is 12.3 Å². The second kappa shape index (κ2) is 4.30. The predicted molar refractivity (Wildman–Crippen MR) is 65.8 cm³/mol. The molecule has 0 atom stereocenters. The Labute approximate surface area is 104 Å². The van der Waals surface area contributed by atoms with Gasteiger partial charge in [0.15, 0.2) is 0 Å². The van der Waals surface area contributed by atoms with Crippen LogP contribution in [-0.2, 0) is 17.1 Å². The van der Waals surface area contributed by atoms with Crippen molar-refractivity contribution < 1.29 is 8.42 Å². The molecule has 0 aromatic carbocycles. The van der Waals surface area contributed by atoms with Crippen LogP contribution in [0.5, 0.6) is 0 Å². The zero-order chi connectivity index (χ0) is 13.3. The van der Waals surface area contributed by atoms with Crippen molar-refractivity contribution in [1.29, 1.82) is 0 Å². The van der Waals surface area contributed by atoms with E-state index in [1.807, 2.05) is 0 Å². The topological polar surface area (TPSA) is 96.9 Å². The van der Waals surface area contributed by atoms with E-state index in [1.54, 1.807) is 20.0 Å². The van der Waals surface area contributed by atoms with E-state index in [-0.39, 0.29) is 10.5 Å². The van der Waals surface area contributed by atoms with Gasteiger partial charge in [-0.15, -0.1) is 0 Å². The van der Waals surface area contributed by atoms with Crippen LogP contribution in [-0.4, -0.2) is 23.2 Å². The van der Waals surface area contributed by atoms with Crippen LogP contribution in [0.4, 0.5) is 5.82 Å². The molecule has 2 aromatic rings. The molecule has 0 aliphatic heterocycles. The standard InChI is InChI=1S/C10H12N4O3S/c1-7-5-9(14(2)12-7)13-18(16,17)8-3-4-10(15)11-6-8/h3-6,13H,1-2H3,(H,11,15). The van der Waals surface area contributed by atoms with Crippen LogP contribution in [0.25, 0.3) is 0 Å². The summed E-state index contributed by atoms with van der Waals surface area (Å²) in [5.74, 6) is 0.360. The quantitative estimate of drug-likeness (QED) is 0.832. The van der Waals surface area contributed by atoms with Crippen LogP contribution < -0.4 is 10.3 Å². The number of hydrogen-bond donors (Lipinski definition) is 2. The molecule has 8 heteroatoms. The monoisotopic (exact) mass is 268 g/mol. The number of pyridine rings is 1. The molecule has 0 saturated heterocycles. The Balaban J connectivity index is 2.35. The molecule has 0 saturated carbocycles. The molecule has 0 radical (unpaired) electrons. The lowest BCUT2D eigenvalue weighted by molar-refractivity contribution is 0.599. The lowest BCUT2D eigenvalue weighted by Crippen LogP contribution is -2.17. The van der Waals surface area contributed by atoms with Gasteiger partial charge in [0.25, 0.3) is 10.0 Å². The fraction of sp³-hybridized carbons (Fsp3) is 0.200. The molecule has 2 heterocycles. The molecular formula is C10H12N4O3S. The minimum Gasteiger partial charge on any atom is -0.328 e. The molecule has 0 fully saturated rings. The van der Waals surface area contributed by atoms with E-state index in [2.05, 4.69) is 14.8 Å². The third-order valence-corrected chi connectivity index (χ3v) is 3.66. The fourth-order valence-electron chi connectivity index (χ4n) is 1.47. The van der Waals surface area contributed by atoms with Crippen molar-refractivity contribution >= 4 is 15.8 Å². The normalized spacial score (nSPS) is 11.4. The molecule has 2 N–H and O–H groups in total. The van der Waals surface area contributed by atoms with Gasteiger partial charge in [0.1, 0.15) is 10.7 Å². The largest absolute Gasteiger partial charge is 0.328 e. The minimum atomic E-state index is -3.72. The van der Waals surface area contributed by atoms with Gasteiger partial charge >= 0.3 is 0 Å². The first-order valence-electron chi connectivity index (χ1n) is 5.11. The van der Waals surface area contributed by atoms with Gasteiger partial charge in [0, 0.05) is 25.4 Å². The summed E-state index contributed by atoms with van der Waals surface area (Å²) in [5, 5.41) is 4.03. The van der Waals surface area contributed by atoms with Crippen LogP contribution in [0, 0.1) is 6.92 Å². The molecule has 96 valence electrons. The van der Waals surface area contributed by atoms with Gasteiger partial charge in [-0.1, -0.05) is 0 Å². The highest BCUT2D eigenvalue weighted by Crippen LogP contribution is 2.14. The summed E-state index contributed by atoms with van der Waals surface area (Å²) in [5.41, 5.74) is 0.349. The van der Waals surface area contributed by atoms with Crippen molar-refractivity contribution in [3.8, 4) is 0 Å². The molecule has 0 unspecified atom stereocenters. The van der Waals surface area contributed by atoms with Crippen LogP contribution in [0.1, 0.15) is 5.69 Å². The van der Waals surface area contributed by atoms with Crippen molar-refractivity contribution in [3.63, 3.8) is 0 Å². The Hall–Kier alpha value is -2.09. The van der Waals surface area contributed by atoms with E-state index in [4.69, 9.17) is 0 Å². The minimum absolute atomic E-state index is 0.0130. The highest BCUT2D eigenvalue weighted by molar-refractivity contribution is 7.92. The lowest BCUT2D eigenvalue weighted by Gasteiger charge is -2.07. The first kappa shape index (κ1) is 12.4. The van der Waals surface area contributed by atoms with Crippen molar-refractivity contribution in [2.24, 2.45) is 7.05 Å². The van der Waals surface area contributed by atoms with E-state index in [0.29, 0.717) is 11.5 Å². The zero-order valence-electron chi connectivity index (χ0n) is 9.84. The van der Waals surface area contributed by atoms with Gasteiger partial charge in [0.2, 0.25) is 5.56 Å². The highest BCUT2D eigenvalue weighted by Gasteiger charge is 2.16. The average Bonchev–Trinajstić information content (AvgIpc) is 2.57. The zero-order valence-corrected chi connectivity index (χ0v) is 10.7. The van der Waals surface area contributed by atoms with Crippen molar-refractivity contribution in [2.75, 3.05) is 4.72 Å². The molecule has 0 amide bonds. The summed E-state index contributed by atoms with van der Waals surface area (Å²) >= 11 is 0. The van der Waals surface area contributed by atoms with Gasteiger partial charge in [0.05, 0.1) is 5.69 Å². The van der Waals surface area contributed by atoms with Crippen LogP contribution >= 0.6 is 0 Å². The Bertz CT molecular complexity index is 709. The molecule has 18 heavy (non-hydrogen) atoms. The second-order valence-corrected chi connectivity index (χ2v) is 5.47. The molecule has 0 spiro atoms. The number of aromatic amines is 1. The van der Waals surface area contributed by atoms with Crippen molar-refractivity contribution in [2.45, 2.75) is 11.8 Å². The number of rotatable bonds is 3. The number of hydrogen-bond acceptors (Lipinski definition) is 4. The number of aryl methyl sites for hydroxylation is 2. The summed E-state index contributed by atoms with van der Waals surface area (Å²) in [6.07, 6.45) is 1.15.